The Hall–Kier alpha value is -0.750. The minimum Gasteiger partial charge on any atom is -0.443 e. The molecule has 3 nitrogen and oxygen atoms in total. The highest BCUT2D eigenvalue weighted by Crippen LogP contribution is 2.10. The van der Waals surface area contributed by atoms with Crippen LogP contribution in [0, 0.1) is 11.3 Å². The Morgan fingerprint density at radius 3 is 2.50 bits per heavy atom. The highest BCUT2D eigenvalue weighted by Gasteiger charge is 2.25. The Balaban J connectivity index is 4.10. The summed E-state index contributed by atoms with van der Waals surface area (Å²) in [5.41, 5.74) is -1.17. The van der Waals surface area contributed by atoms with Gasteiger partial charge in [-0.1, -0.05) is 0 Å². The van der Waals surface area contributed by atoms with E-state index in [1.165, 1.54) is 13.8 Å². The molecule has 0 aliphatic heterocycles. The van der Waals surface area contributed by atoms with Gasteiger partial charge in [-0.05, 0) is 6.92 Å². The zero-order valence-corrected chi connectivity index (χ0v) is 6.60. The van der Waals surface area contributed by atoms with E-state index in [1.807, 2.05) is 0 Å². The summed E-state index contributed by atoms with van der Waals surface area (Å²) in [5, 5.41) is 8.42. The average molecular weight is 162 g/mol. The van der Waals surface area contributed by atoms with Crippen LogP contribution in [0.4, 0.5) is 0 Å². The quantitative estimate of drug-likeness (QED) is 0.450. The maximum atomic E-state index is 10.3. The van der Waals surface area contributed by atoms with E-state index in [1.54, 1.807) is 6.07 Å². The van der Waals surface area contributed by atoms with Crippen molar-refractivity contribution in [1.82, 2.24) is 0 Å². The number of nitrogens with zero attached hydrogens (tertiary/aromatic N) is 1. The minimum absolute atomic E-state index is 0.0108. The van der Waals surface area contributed by atoms with Crippen molar-refractivity contribution in [3.8, 4) is 6.07 Å². The van der Waals surface area contributed by atoms with Crippen molar-refractivity contribution in [2.24, 2.45) is 0 Å². The molecule has 0 radical (unpaired) electrons. The molecular weight excluding hydrogens is 154 g/mol. The van der Waals surface area contributed by atoms with Crippen LogP contribution < -0.4 is 0 Å². The Bertz CT molecular complexity index is 175. The van der Waals surface area contributed by atoms with Gasteiger partial charge in [-0.25, -0.2) is 0 Å². The van der Waals surface area contributed by atoms with E-state index in [0.29, 0.717) is 0 Å². The number of hydrogen-bond acceptors (Lipinski definition) is 3. The van der Waals surface area contributed by atoms with Gasteiger partial charge in [0.25, 0.3) is 0 Å². The van der Waals surface area contributed by atoms with Gasteiger partial charge in [-0.2, -0.15) is 5.26 Å². The smallest absolute Gasteiger partial charge is 0.304 e. The number of carbonyl (C=O) groups excluding carboxylic acids is 1. The maximum Gasteiger partial charge on any atom is 0.304 e. The van der Waals surface area contributed by atoms with Crippen molar-refractivity contribution in [3.63, 3.8) is 0 Å². The SMILES string of the molecule is CC(=O)OC(C)(C#N)CCl. The van der Waals surface area contributed by atoms with Gasteiger partial charge in [0, 0.05) is 6.92 Å². The number of ether oxygens (including phenoxy) is 1. The van der Waals surface area contributed by atoms with Crippen molar-refractivity contribution in [1.29, 1.82) is 5.26 Å². The highest BCUT2D eigenvalue weighted by atomic mass is 35.5. The molecule has 0 aliphatic rings. The van der Waals surface area contributed by atoms with Gasteiger partial charge in [0.1, 0.15) is 6.07 Å². The van der Waals surface area contributed by atoms with E-state index in [0.717, 1.165) is 0 Å². The molecular formula is C6H8ClNO2. The highest BCUT2D eigenvalue weighted by molar-refractivity contribution is 6.18. The van der Waals surface area contributed by atoms with E-state index in [2.05, 4.69) is 4.74 Å². The summed E-state index contributed by atoms with van der Waals surface area (Å²) < 4.78 is 4.60. The van der Waals surface area contributed by atoms with Gasteiger partial charge >= 0.3 is 5.97 Å². The van der Waals surface area contributed by atoms with Gasteiger partial charge in [0.15, 0.2) is 0 Å². The topological polar surface area (TPSA) is 50.1 Å². The molecule has 1 atom stereocenters. The number of carbonyl (C=O) groups is 1. The van der Waals surface area contributed by atoms with E-state index < -0.39 is 11.6 Å². The van der Waals surface area contributed by atoms with Crippen molar-refractivity contribution in [3.05, 3.63) is 0 Å². The van der Waals surface area contributed by atoms with Crippen LogP contribution in [0.5, 0.6) is 0 Å². The van der Waals surface area contributed by atoms with Gasteiger partial charge in [-0.15, -0.1) is 11.6 Å². The Kier molecular flexibility index (Phi) is 3.17. The molecule has 0 aliphatic carbocycles. The fourth-order valence-corrected chi connectivity index (χ4v) is 0.512. The number of nitriles is 1. The zero-order valence-electron chi connectivity index (χ0n) is 5.85. The molecule has 0 N–H and O–H groups in total. The van der Waals surface area contributed by atoms with Gasteiger partial charge in [-0.3, -0.25) is 4.79 Å². The molecule has 0 aromatic carbocycles. The monoisotopic (exact) mass is 161 g/mol. The van der Waals surface area contributed by atoms with Crippen molar-refractivity contribution in [2.75, 3.05) is 5.88 Å². The molecule has 4 heteroatoms. The third-order valence-electron chi connectivity index (χ3n) is 0.860. The molecule has 0 aromatic rings. The van der Waals surface area contributed by atoms with Gasteiger partial charge in [0.05, 0.1) is 5.88 Å². The molecule has 0 heterocycles. The number of rotatable bonds is 2. The second-order valence-electron chi connectivity index (χ2n) is 2.07. The lowest BCUT2D eigenvalue weighted by Gasteiger charge is -2.17. The van der Waals surface area contributed by atoms with Crippen molar-refractivity contribution >= 4 is 17.6 Å². The number of alkyl halides is 1. The molecule has 56 valence electrons. The maximum absolute atomic E-state index is 10.3. The summed E-state index contributed by atoms with van der Waals surface area (Å²) in [7, 11) is 0. The Morgan fingerprint density at radius 1 is 1.90 bits per heavy atom. The molecule has 10 heavy (non-hydrogen) atoms. The lowest BCUT2D eigenvalue weighted by atomic mass is 10.2. The van der Waals surface area contributed by atoms with Crippen LogP contribution in [0.3, 0.4) is 0 Å². The molecule has 0 aromatic heterocycles. The minimum atomic E-state index is -1.17. The second kappa shape index (κ2) is 3.43. The van der Waals surface area contributed by atoms with Crippen molar-refractivity contribution < 1.29 is 9.53 Å². The summed E-state index contributed by atoms with van der Waals surface area (Å²) in [5.74, 6) is -0.506. The third-order valence-corrected chi connectivity index (χ3v) is 1.37. The molecule has 0 amide bonds. The average Bonchev–Trinajstić information content (AvgIpc) is 1.87. The molecule has 0 saturated carbocycles. The molecule has 1 unspecified atom stereocenters. The van der Waals surface area contributed by atoms with E-state index >= 15 is 0 Å². The number of esters is 1. The molecule has 0 rings (SSSR count). The lowest BCUT2D eigenvalue weighted by Crippen LogP contribution is -2.30. The predicted octanol–water partition coefficient (Wildman–Crippen LogP) is 1.07. The summed E-state index contributed by atoms with van der Waals surface area (Å²) in [6.45, 7) is 2.70. The van der Waals surface area contributed by atoms with Crippen LogP contribution in [0.2, 0.25) is 0 Å². The normalized spacial score (nSPS) is 15.0. The first-order chi connectivity index (χ1) is 4.54. The Morgan fingerprint density at radius 2 is 2.40 bits per heavy atom. The lowest BCUT2D eigenvalue weighted by molar-refractivity contribution is -0.148. The van der Waals surface area contributed by atoms with Crippen LogP contribution in [-0.2, 0) is 9.53 Å². The Labute approximate surface area is 64.5 Å². The van der Waals surface area contributed by atoms with Crippen LogP contribution >= 0.6 is 11.6 Å². The first-order valence-corrected chi connectivity index (χ1v) is 3.24. The largest absolute Gasteiger partial charge is 0.443 e. The van der Waals surface area contributed by atoms with E-state index in [9.17, 15) is 4.79 Å². The summed E-state index contributed by atoms with van der Waals surface area (Å²) in [6.07, 6.45) is 0. The zero-order chi connectivity index (χ0) is 8.20. The van der Waals surface area contributed by atoms with Crippen LogP contribution in [-0.4, -0.2) is 17.5 Å². The summed E-state index contributed by atoms with van der Waals surface area (Å²) in [4.78, 5) is 10.3. The first-order valence-electron chi connectivity index (χ1n) is 2.71. The second-order valence-corrected chi connectivity index (χ2v) is 2.34. The van der Waals surface area contributed by atoms with Gasteiger partial charge < -0.3 is 4.74 Å². The van der Waals surface area contributed by atoms with Crippen molar-refractivity contribution in [2.45, 2.75) is 19.4 Å². The molecule has 0 bridgehead atoms. The molecule has 0 spiro atoms. The number of halogens is 1. The van der Waals surface area contributed by atoms with Crippen LogP contribution in [0.25, 0.3) is 0 Å². The first kappa shape index (κ1) is 9.25. The third kappa shape index (κ3) is 2.70. The predicted molar refractivity (Wildman–Crippen MR) is 36.5 cm³/mol. The summed E-state index contributed by atoms with van der Waals surface area (Å²) in [6, 6.07) is 1.78. The van der Waals surface area contributed by atoms with Crippen LogP contribution in [0.15, 0.2) is 0 Å². The van der Waals surface area contributed by atoms with E-state index in [-0.39, 0.29) is 5.88 Å². The van der Waals surface area contributed by atoms with Crippen LogP contribution in [0.1, 0.15) is 13.8 Å². The molecule has 0 saturated heterocycles. The number of hydrogen-bond donors (Lipinski definition) is 0. The van der Waals surface area contributed by atoms with E-state index in [4.69, 9.17) is 16.9 Å². The fraction of sp³-hybridized carbons (Fsp3) is 0.667. The summed E-state index contributed by atoms with van der Waals surface area (Å²) >= 11 is 5.35. The van der Waals surface area contributed by atoms with Gasteiger partial charge in [0.2, 0.25) is 5.60 Å². The molecule has 0 fully saturated rings. The fourth-order valence-electron chi connectivity index (χ4n) is 0.397. The standard InChI is InChI=1S/C6H8ClNO2/c1-5(9)10-6(2,3-7)4-8/h3H2,1-2H3.